The van der Waals surface area contributed by atoms with Gasteiger partial charge in [-0.2, -0.15) is 0 Å². The number of methoxy groups -OCH3 is 1. The molecule has 1 saturated heterocycles. The fourth-order valence-corrected chi connectivity index (χ4v) is 3.48. The van der Waals surface area contributed by atoms with Gasteiger partial charge in [-0.3, -0.25) is 14.2 Å². The van der Waals surface area contributed by atoms with Gasteiger partial charge in [0.1, 0.15) is 6.54 Å². The van der Waals surface area contributed by atoms with Gasteiger partial charge in [-0.25, -0.2) is 4.98 Å². The van der Waals surface area contributed by atoms with Crippen LogP contribution >= 0.6 is 0 Å². The van der Waals surface area contributed by atoms with Gasteiger partial charge in [-0.05, 0) is 25.3 Å². The first-order valence-electron chi connectivity index (χ1n) is 10.3. The van der Waals surface area contributed by atoms with Gasteiger partial charge in [-0.15, -0.1) is 0 Å². The molecule has 1 fully saturated rings. The van der Waals surface area contributed by atoms with Crippen molar-refractivity contribution < 1.29 is 14.3 Å². The van der Waals surface area contributed by atoms with E-state index in [0.29, 0.717) is 37.9 Å². The summed E-state index contributed by atoms with van der Waals surface area (Å²) in [4.78, 5) is 32.0. The highest BCUT2D eigenvalue weighted by atomic mass is 16.5. The molecule has 1 atom stereocenters. The fraction of sp³-hybridized carbons (Fsp3) is 0.500. The molecule has 2 aromatic rings. The van der Waals surface area contributed by atoms with Crippen molar-refractivity contribution in [3.05, 3.63) is 58.0 Å². The summed E-state index contributed by atoms with van der Waals surface area (Å²) in [5, 5.41) is 3.00. The van der Waals surface area contributed by atoms with Crippen LogP contribution < -0.4 is 15.8 Å². The molecule has 3 rings (SSSR count). The highest BCUT2D eigenvalue weighted by Gasteiger charge is 2.20. The van der Waals surface area contributed by atoms with Crippen LogP contribution in [0.15, 0.2) is 41.2 Å². The zero-order chi connectivity index (χ0) is 21.3. The number of hydrogen-bond donors (Lipinski definition) is 1. The summed E-state index contributed by atoms with van der Waals surface area (Å²) < 4.78 is 12.0. The molecule has 1 aliphatic heterocycles. The largest absolute Gasteiger partial charge is 0.378 e. The standard InChI is InChI=1S/C22H30N4O4/c1-17(8-9-18-6-4-3-5-7-18)23-20(27)15-26-21(28)14-19(16-29-2)24-22(26)25-10-12-30-13-11-25/h3-7,14,17H,8-13,15-16H2,1-2H3,(H,23,27)/t17-/m1/s1. The first-order valence-corrected chi connectivity index (χ1v) is 10.3. The van der Waals surface area contributed by atoms with Crippen molar-refractivity contribution in [2.45, 2.75) is 39.0 Å². The molecule has 1 aromatic heterocycles. The van der Waals surface area contributed by atoms with Crippen LogP contribution in [0.5, 0.6) is 0 Å². The maximum absolute atomic E-state index is 12.7. The highest BCUT2D eigenvalue weighted by Crippen LogP contribution is 2.13. The second-order valence-corrected chi connectivity index (χ2v) is 7.50. The molecule has 0 radical (unpaired) electrons. The SMILES string of the molecule is COCc1cc(=O)n(CC(=O)N[C@H](C)CCc2ccccc2)c(N2CCOCC2)n1. The molecule has 1 N–H and O–H groups in total. The van der Waals surface area contributed by atoms with Gasteiger partial charge in [0.2, 0.25) is 11.9 Å². The van der Waals surface area contributed by atoms with Crippen molar-refractivity contribution >= 4 is 11.9 Å². The molecule has 162 valence electrons. The lowest BCUT2D eigenvalue weighted by molar-refractivity contribution is -0.122. The number of nitrogens with one attached hydrogen (secondary N) is 1. The number of carbonyl (C=O) groups excluding carboxylic acids is 1. The Hall–Kier alpha value is -2.71. The lowest BCUT2D eigenvalue weighted by Gasteiger charge is -2.30. The maximum atomic E-state index is 12.7. The molecule has 2 heterocycles. The van der Waals surface area contributed by atoms with E-state index in [4.69, 9.17) is 9.47 Å². The molecular weight excluding hydrogens is 384 g/mol. The average Bonchev–Trinajstić information content (AvgIpc) is 2.75. The Morgan fingerprint density at radius 1 is 1.27 bits per heavy atom. The minimum Gasteiger partial charge on any atom is -0.378 e. The van der Waals surface area contributed by atoms with Crippen molar-refractivity contribution in [3.8, 4) is 0 Å². The third-order valence-corrected chi connectivity index (χ3v) is 5.05. The Balaban J connectivity index is 1.67. The number of nitrogens with zero attached hydrogens (tertiary/aromatic N) is 3. The monoisotopic (exact) mass is 414 g/mol. The summed E-state index contributed by atoms with van der Waals surface area (Å²) in [7, 11) is 1.56. The van der Waals surface area contributed by atoms with Gasteiger partial charge in [0.15, 0.2) is 0 Å². The minimum atomic E-state index is -0.259. The maximum Gasteiger partial charge on any atom is 0.255 e. The Morgan fingerprint density at radius 2 is 2.00 bits per heavy atom. The van der Waals surface area contributed by atoms with Gasteiger partial charge < -0.3 is 19.7 Å². The average molecular weight is 415 g/mol. The zero-order valence-corrected chi connectivity index (χ0v) is 17.7. The summed E-state index contributed by atoms with van der Waals surface area (Å²) in [6.07, 6.45) is 1.71. The topological polar surface area (TPSA) is 85.7 Å². The van der Waals surface area contributed by atoms with Crippen LogP contribution in [0, 0.1) is 0 Å². The second kappa shape index (κ2) is 10.9. The van der Waals surface area contributed by atoms with Crippen molar-refractivity contribution in [1.29, 1.82) is 0 Å². The van der Waals surface area contributed by atoms with Crippen LogP contribution in [-0.4, -0.2) is 54.9 Å². The molecule has 8 heteroatoms. The van der Waals surface area contributed by atoms with Crippen LogP contribution in [0.4, 0.5) is 5.95 Å². The van der Waals surface area contributed by atoms with Gasteiger partial charge in [0.05, 0.1) is 25.5 Å². The predicted molar refractivity (Wildman–Crippen MR) is 115 cm³/mol. The summed E-state index contributed by atoms with van der Waals surface area (Å²) in [6.45, 7) is 4.53. The molecule has 0 spiro atoms. The van der Waals surface area contributed by atoms with E-state index >= 15 is 0 Å². The summed E-state index contributed by atoms with van der Waals surface area (Å²) in [5.41, 5.74) is 1.53. The van der Waals surface area contributed by atoms with Crippen molar-refractivity contribution in [3.63, 3.8) is 0 Å². The fourth-order valence-electron chi connectivity index (χ4n) is 3.48. The van der Waals surface area contributed by atoms with E-state index < -0.39 is 0 Å². The van der Waals surface area contributed by atoms with E-state index in [1.54, 1.807) is 7.11 Å². The predicted octanol–water partition coefficient (Wildman–Crippen LogP) is 1.36. The normalized spacial score (nSPS) is 15.1. The molecule has 30 heavy (non-hydrogen) atoms. The van der Waals surface area contributed by atoms with Crippen LogP contribution in [0.25, 0.3) is 0 Å². The molecule has 0 bridgehead atoms. The number of benzene rings is 1. The van der Waals surface area contributed by atoms with E-state index in [2.05, 4.69) is 22.4 Å². The Morgan fingerprint density at radius 3 is 2.70 bits per heavy atom. The number of rotatable bonds is 9. The van der Waals surface area contributed by atoms with Gasteiger partial charge in [0, 0.05) is 32.3 Å². The van der Waals surface area contributed by atoms with Crippen molar-refractivity contribution in [2.75, 3.05) is 38.3 Å². The molecule has 1 amide bonds. The third-order valence-electron chi connectivity index (χ3n) is 5.05. The van der Waals surface area contributed by atoms with Gasteiger partial charge >= 0.3 is 0 Å². The van der Waals surface area contributed by atoms with E-state index in [0.717, 1.165) is 12.8 Å². The smallest absolute Gasteiger partial charge is 0.255 e. The Bertz CT molecular complexity index is 878. The van der Waals surface area contributed by atoms with Crippen molar-refractivity contribution in [2.24, 2.45) is 0 Å². The van der Waals surface area contributed by atoms with Gasteiger partial charge in [0.25, 0.3) is 5.56 Å². The number of aryl methyl sites for hydroxylation is 1. The first kappa shape index (κ1) is 22.0. The van der Waals surface area contributed by atoms with Crippen LogP contribution in [0.1, 0.15) is 24.6 Å². The lowest BCUT2D eigenvalue weighted by atomic mass is 10.1. The number of ether oxygens (including phenoxy) is 2. The lowest BCUT2D eigenvalue weighted by Crippen LogP contribution is -2.43. The summed E-state index contributed by atoms with van der Waals surface area (Å²) >= 11 is 0. The van der Waals surface area contributed by atoms with E-state index in [9.17, 15) is 9.59 Å². The van der Waals surface area contributed by atoms with E-state index in [-0.39, 0.29) is 30.7 Å². The highest BCUT2D eigenvalue weighted by molar-refractivity contribution is 5.76. The number of hydrogen-bond acceptors (Lipinski definition) is 6. The number of carbonyl (C=O) groups is 1. The van der Waals surface area contributed by atoms with Gasteiger partial charge in [-0.1, -0.05) is 30.3 Å². The van der Waals surface area contributed by atoms with Crippen LogP contribution in [0.3, 0.4) is 0 Å². The van der Waals surface area contributed by atoms with E-state index in [1.165, 1.54) is 16.2 Å². The minimum absolute atomic E-state index is 0.000897. The molecule has 1 aromatic carbocycles. The first-order chi connectivity index (χ1) is 14.6. The van der Waals surface area contributed by atoms with Crippen molar-refractivity contribution in [1.82, 2.24) is 14.9 Å². The van der Waals surface area contributed by atoms with Crippen LogP contribution in [0.2, 0.25) is 0 Å². The summed E-state index contributed by atoms with van der Waals surface area (Å²) in [6, 6.07) is 11.6. The molecule has 0 aliphatic carbocycles. The number of aromatic nitrogens is 2. The molecule has 0 unspecified atom stereocenters. The second-order valence-electron chi connectivity index (χ2n) is 7.50. The molecule has 1 aliphatic rings. The van der Waals surface area contributed by atoms with Crippen LogP contribution in [-0.2, 0) is 33.8 Å². The number of morpholine rings is 1. The third kappa shape index (κ3) is 6.14. The molecule has 8 nitrogen and oxygen atoms in total. The zero-order valence-electron chi connectivity index (χ0n) is 17.7. The Labute approximate surface area is 176 Å². The number of amides is 1. The number of anilines is 1. The summed E-state index contributed by atoms with van der Waals surface area (Å²) in [5.74, 6) is 0.290. The molecular formula is C22H30N4O4. The van der Waals surface area contributed by atoms with E-state index in [1.807, 2.05) is 30.0 Å². The Kier molecular flexibility index (Phi) is 7.98. The quantitative estimate of drug-likeness (QED) is 0.667. The molecule has 0 saturated carbocycles.